The summed E-state index contributed by atoms with van der Waals surface area (Å²) in [6, 6.07) is 8.85. The maximum atomic E-state index is 13.4. The second kappa shape index (κ2) is 6.23. The van der Waals surface area contributed by atoms with Crippen molar-refractivity contribution in [2.45, 2.75) is 19.0 Å². The second-order valence-corrected chi connectivity index (χ2v) is 5.78. The highest BCUT2D eigenvalue weighted by Crippen LogP contribution is 2.38. The van der Waals surface area contributed by atoms with Crippen LogP contribution >= 0.6 is 0 Å². The van der Waals surface area contributed by atoms with Gasteiger partial charge in [0, 0.05) is 12.7 Å². The molecule has 0 saturated heterocycles. The molecule has 0 unspecified atom stereocenters. The molecule has 2 aromatic rings. The number of nitrogens with one attached hydrogen (secondary N) is 2. The maximum absolute atomic E-state index is 13.4. The van der Waals surface area contributed by atoms with Crippen LogP contribution in [0.2, 0.25) is 0 Å². The maximum Gasteiger partial charge on any atom is 0.416 e. The molecular weight excluding hydrogens is 333 g/mol. The third-order valence-corrected chi connectivity index (χ3v) is 4.14. The van der Waals surface area contributed by atoms with Crippen molar-refractivity contribution in [1.82, 2.24) is 5.32 Å². The van der Waals surface area contributed by atoms with E-state index in [-0.39, 0.29) is 24.3 Å². The first-order valence-corrected chi connectivity index (χ1v) is 7.62. The number of hydrogen-bond acceptors (Lipinski definition) is 2. The molecule has 4 nitrogen and oxygen atoms in total. The molecule has 7 heteroatoms. The molecule has 1 aliphatic rings. The monoisotopic (exact) mass is 348 g/mol. The van der Waals surface area contributed by atoms with E-state index >= 15 is 0 Å². The van der Waals surface area contributed by atoms with Gasteiger partial charge in [-0.25, -0.2) is 0 Å². The normalized spacial score (nSPS) is 13.4. The highest BCUT2D eigenvalue weighted by molar-refractivity contribution is 5.99. The fourth-order valence-electron chi connectivity index (χ4n) is 2.96. The summed E-state index contributed by atoms with van der Waals surface area (Å²) < 4.78 is 40.1. The van der Waals surface area contributed by atoms with Gasteiger partial charge >= 0.3 is 6.18 Å². The first-order chi connectivity index (χ1) is 11.8. The molecule has 25 heavy (non-hydrogen) atoms. The molecule has 0 fully saturated rings. The predicted molar refractivity (Wildman–Crippen MR) is 87.0 cm³/mol. The Morgan fingerprint density at radius 1 is 1.24 bits per heavy atom. The minimum absolute atomic E-state index is 0.0772. The van der Waals surface area contributed by atoms with Gasteiger partial charge in [-0.1, -0.05) is 18.2 Å². The van der Waals surface area contributed by atoms with E-state index in [1.807, 2.05) is 0 Å². The van der Waals surface area contributed by atoms with Crippen LogP contribution < -0.4 is 10.6 Å². The molecule has 130 valence electrons. The fourth-order valence-corrected chi connectivity index (χ4v) is 2.96. The van der Waals surface area contributed by atoms with Crippen LogP contribution in [0.3, 0.4) is 0 Å². The molecule has 0 radical (unpaired) electrons. The van der Waals surface area contributed by atoms with Crippen LogP contribution in [0.15, 0.2) is 36.4 Å². The van der Waals surface area contributed by atoms with E-state index in [1.165, 1.54) is 13.1 Å². The smallest absolute Gasteiger partial charge is 0.359 e. The van der Waals surface area contributed by atoms with Crippen LogP contribution in [0.1, 0.15) is 16.7 Å². The van der Waals surface area contributed by atoms with Crippen LogP contribution in [-0.2, 0) is 28.6 Å². The summed E-state index contributed by atoms with van der Waals surface area (Å²) in [6.07, 6.45) is -4.75. The van der Waals surface area contributed by atoms with Gasteiger partial charge < -0.3 is 10.6 Å². The fraction of sp³-hybridized carbons (Fsp3) is 0.222. The van der Waals surface area contributed by atoms with E-state index in [1.54, 1.807) is 24.3 Å². The molecule has 0 atom stereocenters. The standard InChI is InChI=1S/C18H15F3N2O2/c1-22-16(24)9-13-12(3-2-4-14(13)18(19,20)21)10-5-6-15-11(7-10)8-17(25)23-15/h2-7H,8-9H2,1H3,(H,22,24)(H,23,25). The van der Waals surface area contributed by atoms with Gasteiger partial charge in [0.2, 0.25) is 11.8 Å². The number of carbonyl (C=O) groups excluding carboxylic acids is 2. The highest BCUT2D eigenvalue weighted by atomic mass is 19.4. The molecule has 1 aliphatic heterocycles. The molecular formula is C18H15F3N2O2. The zero-order valence-electron chi connectivity index (χ0n) is 13.3. The van der Waals surface area contributed by atoms with Gasteiger partial charge in [0.05, 0.1) is 18.4 Å². The Morgan fingerprint density at radius 3 is 2.68 bits per heavy atom. The molecule has 2 amide bonds. The van der Waals surface area contributed by atoms with E-state index in [4.69, 9.17) is 0 Å². The Kier molecular flexibility index (Phi) is 4.24. The number of hydrogen-bond donors (Lipinski definition) is 2. The molecule has 0 aliphatic carbocycles. The average molecular weight is 348 g/mol. The van der Waals surface area contributed by atoms with E-state index in [9.17, 15) is 22.8 Å². The van der Waals surface area contributed by atoms with Gasteiger partial charge in [-0.2, -0.15) is 13.2 Å². The molecule has 0 spiro atoms. The molecule has 0 bridgehead atoms. The van der Waals surface area contributed by atoms with Crippen LogP contribution in [0.4, 0.5) is 18.9 Å². The van der Waals surface area contributed by atoms with Gasteiger partial charge in [-0.15, -0.1) is 0 Å². The van der Waals surface area contributed by atoms with E-state index in [2.05, 4.69) is 10.6 Å². The molecule has 2 N–H and O–H groups in total. The third-order valence-electron chi connectivity index (χ3n) is 4.14. The lowest BCUT2D eigenvalue weighted by Gasteiger charge is -2.17. The summed E-state index contributed by atoms with van der Waals surface area (Å²) in [5, 5.41) is 5.04. The Morgan fingerprint density at radius 2 is 2.00 bits per heavy atom. The number of fused-ring (bicyclic) bond motifs is 1. The van der Waals surface area contributed by atoms with Crippen LogP contribution in [0.25, 0.3) is 11.1 Å². The molecule has 3 rings (SSSR count). The van der Waals surface area contributed by atoms with Gasteiger partial charge in [0.1, 0.15) is 0 Å². The summed E-state index contributed by atoms with van der Waals surface area (Å²) in [4.78, 5) is 23.2. The van der Waals surface area contributed by atoms with Gasteiger partial charge in [0.15, 0.2) is 0 Å². The third kappa shape index (κ3) is 3.35. The van der Waals surface area contributed by atoms with E-state index in [0.717, 1.165) is 11.6 Å². The Labute approximate surface area is 142 Å². The number of benzene rings is 2. The van der Waals surface area contributed by atoms with Crippen molar-refractivity contribution >= 4 is 17.5 Å². The molecule has 0 aromatic heterocycles. The number of carbonyl (C=O) groups is 2. The first-order valence-electron chi connectivity index (χ1n) is 7.62. The quantitative estimate of drug-likeness (QED) is 0.895. The molecule has 0 saturated carbocycles. The van der Waals surface area contributed by atoms with E-state index in [0.29, 0.717) is 16.8 Å². The molecule has 1 heterocycles. The average Bonchev–Trinajstić information content (AvgIpc) is 2.92. The highest BCUT2D eigenvalue weighted by Gasteiger charge is 2.34. The minimum atomic E-state index is -4.56. The summed E-state index contributed by atoms with van der Waals surface area (Å²) in [5.41, 5.74) is 1.36. The Balaban J connectivity index is 2.14. The lowest BCUT2D eigenvalue weighted by molar-refractivity contribution is -0.138. The zero-order chi connectivity index (χ0) is 18.2. The number of amides is 2. The van der Waals surface area contributed by atoms with Gasteiger partial charge in [-0.05, 0) is 40.5 Å². The number of halogens is 3. The summed E-state index contributed by atoms with van der Waals surface area (Å²) in [5.74, 6) is -0.655. The lowest BCUT2D eigenvalue weighted by atomic mass is 9.91. The van der Waals surface area contributed by atoms with Crippen molar-refractivity contribution in [1.29, 1.82) is 0 Å². The number of anilines is 1. The Bertz CT molecular complexity index is 860. The van der Waals surface area contributed by atoms with Crippen molar-refractivity contribution in [3.8, 4) is 11.1 Å². The van der Waals surface area contributed by atoms with Crippen LogP contribution in [0, 0.1) is 0 Å². The SMILES string of the molecule is CNC(=O)Cc1c(-c2ccc3c(c2)CC(=O)N3)cccc1C(F)(F)F. The first kappa shape index (κ1) is 17.0. The minimum Gasteiger partial charge on any atom is -0.359 e. The summed E-state index contributed by atoms with van der Waals surface area (Å²) >= 11 is 0. The van der Waals surface area contributed by atoms with Gasteiger partial charge in [-0.3, -0.25) is 9.59 Å². The second-order valence-electron chi connectivity index (χ2n) is 5.78. The number of alkyl halides is 3. The van der Waals surface area contributed by atoms with Crippen LogP contribution in [-0.4, -0.2) is 18.9 Å². The largest absolute Gasteiger partial charge is 0.416 e. The van der Waals surface area contributed by atoms with E-state index < -0.39 is 17.6 Å². The van der Waals surface area contributed by atoms with Gasteiger partial charge in [0.25, 0.3) is 0 Å². The van der Waals surface area contributed by atoms with Crippen molar-refractivity contribution in [3.63, 3.8) is 0 Å². The summed E-state index contributed by atoms with van der Waals surface area (Å²) in [6.45, 7) is 0. The molecule has 2 aromatic carbocycles. The van der Waals surface area contributed by atoms with Crippen molar-refractivity contribution < 1.29 is 22.8 Å². The number of rotatable bonds is 3. The predicted octanol–water partition coefficient (Wildman–Crippen LogP) is 3.16. The van der Waals surface area contributed by atoms with Crippen molar-refractivity contribution in [2.24, 2.45) is 0 Å². The number of likely N-dealkylation sites (N-methyl/N-ethyl adjacent to an activating group) is 1. The zero-order valence-corrected chi connectivity index (χ0v) is 13.3. The van der Waals surface area contributed by atoms with Crippen LogP contribution in [0.5, 0.6) is 0 Å². The lowest BCUT2D eigenvalue weighted by Crippen LogP contribution is -2.22. The summed E-state index contributed by atoms with van der Waals surface area (Å²) in [7, 11) is 1.38. The van der Waals surface area contributed by atoms with Crippen molar-refractivity contribution in [3.05, 3.63) is 53.1 Å². The topological polar surface area (TPSA) is 58.2 Å². The Hall–Kier alpha value is -2.83. The van der Waals surface area contributed by atoms with Crippen molar-refractivity contribution in [2.75, 3.05) is 12.4 Å².